The number of carbonyl (C=O) groups is 3. The van der Waals surface area contributed by atoms with Crippen LogP contribution >= 0.6 is 34.9 Å². The van der Waals surface area contributed by atoms with E-state index in [2.05, 4.69) is 15.5 Å². The van der Waals surface area contributed by atoms with E-state index < -0.39 is 11.9 Å². The third-order valence-electron chi connectivity index (χ3n) is 4.89. The first-order chi connectivity index (χ1) is 15.4. The second-order valence-corrected chi connectivity index (χ2v) is 9.74. The van der Waals surface area contributed by atoms with Crippen LogP contribution in [0.15, 0.2) is 44.6 Å². The van der Waals surface area contributed by atoms with Crippen LogP contribution in [0.3, 0.4) is 0 Å². The number of hydrogen-bond acceptors (Lipinski definition) is 11. The number of oxime groups is 1. The highest BCUT2D eigenvalue weighted by Gasteiger charge is 2.51. The number of allylic oxidation sites excluding steroid dienone is 1. The zero-order valence-electron chi connectivity index (χ0n) is 17.1. The molecule has 0 bridgehead atoms. The highest BCUT2D eigenvalue weighted by molar-refractivity contribution is 8.14. The van der Waals surface area contributed by atoms with Crippen LogP contribution in [0.5, 0.6) is 0 Å². The quantitative estimate of drug-likeness (QED) is 0.336. The molecule has 0 aromatic carbocycles. The van der Waals surface area contributed by atoms with Crippen LogP contribution in [0.1, 0.15) is 23.2 Å². The second-order valence-electron chi connectivity index (χ2n) is 6.80. The summed E-state index contributed by atoms with van der Waals surface area (Å²) in [5.41, 5.74) is 7.68. The van der Waals surface area contributed by atoms with E-state index in [1.165, 1.54) is 36.5 Å². The summed E-state index contributed by atoms with van der Waals surface area (Å²) in [4.78, 5) is 48.2. The lowest BCUT2D eigenvalue weighted by molar-refractivity contribution is -0.144. The molecule has 2 aromatic rings. The molecule has 2 atom stereocenters. The molecule has 168 valence electrons. The van der Waals surface area contributed by atoms with Gasteiger partial charge in [0.2, 0.25) is 0 Å². The number of hydrogen-bond donors (Lipinski definition) is 2. The van der Waals surface area contributed by atoms with Crippen LogP contribution < -0.4 is 11.1 Å². The zero-order chi connectivity index (χ0) is 22.8. The molecule has 0 spiro atoms. The summed E-state index contributed by atoms with van der Waals surface area (Å²) in [6.45, 7) is 1.85. The molecule has 4 rings (SSSR count). The first kappa shape index (κ1) is 22.4. The number of thioether (sulfide) groups is 2. The van der Waals surface area contributed by atoms with Crippen LogP contribution in [0.4, 0.5) is 5.13 Å². The molecule has 1 saturated heterocycles. The fourth-order valence-corrected chi connectivity index (χ4v) is 6.27. The number of rotatable bonds is 7. The van der Waals surface area contributed by atoms with Gasteiger partial charge in [-0.2, -0.15) is 0 Å². The van der Waals surface area contributed by atoms with Gasteiger partial charge in [0, 0.05) is 22.6 Å². The highest BCUT2D eigenvalue weighted by atomic mass is 32.2. The summed E-state index contributed by atoms with van der Waals surface area (Å²) in [6, 6.07) is 2.59. The minimum atomic E-state index is -0.695. The minimum Gasteiger partial charge on any atom is -0.460 e. The van der Waals surface area contributed by atoms with Gasteiger partial charge in [-0.15, -0.1) is 23.1 Å². The van der Waals surface area contributed by atoms with Gasteiger partial charge in [0.1, 0.15) is 24.2 Å². The first-order valence-corrected chi connectivity index (χ1v) is 12.3. The second kappa shape index (κ2) is 9.38. The fourth-order valence-electron chi connectivity index (χ4n) is 3.25. The average Bonchev–Trinajstić information content (AvgIpc) is 3.46. The number of amides is 2. The van der Waals surface area contributed by atoms with Crippen molar-refractivity contribution in [2.75, 3.05) is 24.3 Å². The van der Waals surface area contributed by atoms with Crippen molar-refractivity contribution in [2.45, 2.75) is 18.3 Å². The van der Waals surface area contributed by atoms with E-state index in [1.807, 2.05) is 6.92 Å². The minimum absolute atomic E-state index is 0.0479. The van der Waals surface area contributed by atoms with Gasteiger partial charge in [-0.05, 0) is 24.6 Å². The molecular weight excluding hydrogens is 474 g/mol. The molecule has 2 amide bonds. The van der Waals surface area contributed by atoms with E-state index in [-0.39, 0.29) is 27.8 Å². The van der Waals surface area contributed by atoms with Gasteiger partial charge in [0.25, 0.3) is 16.9 Å². The van der Waals surface area contributed by atoms with Crippen LogP contribution in [0.25, 0.3) is 0 Å². The number of β-lactam (4-membered cyclic amide) rings is 1. The van der Waals surface area contributed by atoms with Crippen molar-refractivity contribution >= 4 is 62.6 Å². The monoisotopic (exact) mass is 493 g/mol. The molecule has 0 saturated carbocycles. The Morgan fingerprint density at radius 1 is 1.50 bits per heavy atom. The van der Waals surface area contributed by atoms with Gasteiger partial charge >= 0.3 is 0 Å². The summed E-state index contributed by atoms with van der Waals surface area (Å²) in [5.74, 6) is 0.618. The maximum atomic E-state index is 12.8. The number of fused-ring (bicyclic) bond motifs is 1. The SMILES string of the molecule is CO/N=C(/C(=O)NC1C(=O)N2C(C)=C(CSC(=O)c3ccco3)CSC12)c1csc(N)n1. The lowest BCUT2D eigenvalue weighted by Crippen LogP contribution is -2.70. The Hall–Kier alpha value is -2.77. The van der Waals surface area contributed by atoms with Crippen molar-refractivity contribution in [1.29, 1.82) is 0 Å². The summed E-state index contributed by atoms with van der Waals surface area (Å²) in [5, 5.41) is 7.98. The lowest BCUT2D eigenvalue weighted by Gasteiger charge is -2.50. The van der Waals surface area contributed by atoms with E-state index in [4.69, 9.17) is 15.0 Å². The van der Waals surface area contributed by atoms with E-state index in [0.29, 0.717) is 22.4 Å². The topological polar surface area (TPSA) is 140 Å². The van der Waals surface area contributed by atoms with Gasteiger partial charge in [0.05, 0.1) is 6.26 Å². The Bertz CT molecular complexity index is 1110. The number of thiazole rings is 1. The molecule has 13 heteroatoms. The Morgan fingerprint density at radius 3 is 2.97 bits per heavy atom. The molecular formula is C19H19N5O5S3. The molecule has 3 N–H and O–H groups in total. The van der Waals surface area contributed by atoms with Gasteiger partial charge in [-0.3, -0.25) is 19.3 Å². The van der Waals surface area contributed by atoms with Crippen LogP contribution in [0.2, 0.25) is 0 Å². The molecule has 0 radical (unpaired) electrons. The molecule has 32 heavy (non-hydrogen) atoms. The summed E-state index contributed by atoms with van der Waals surface area (Å²) < 4.78 is 5.12. The van der Waals surface area contributed by atoms with Gasteiger partial charge in [0.15, 0.2) is 16.6 Å². The number of carbonyl (C=O) groups excluding carboxylic acids is 3. The Labute approximate surface area is 195 Å². The van der Waals surface area contributed by atoms with E-state index in [9.17, 15) is 14.4 Å². The predicted octanol–water partition coefficient (Wildman–Crippen LogP) is 1.92. The molecule has 0 aliphatic carbocycles. The molecule has 1 fully saturated rings. The number of furan rings is 1. The maximum Gasteiger partial charge on any atom is 0.276 e. The molecule has 2 aromatic heterocycles. The van der Waals surface area contributed by atoms with Crippen molar-refractivity contribution in [3.05, 3.63) is 46.5 Å². The van der Waals surface area contributed by atoms with E-state index in [0.717, 1.165) is 23.0 Å². The zero-order valence-corrected chi connectivity index (χ0v) is 19.5. The van der Waals surface area contributed by atoms with Gasteiger partial charge in [-0.25, -0.2) is 4.98 Å². The molecule has 2 aliphatic rings. The number of nitrogen functional groups attached to an aromatic ring is 1. The van der Waals surface area contributed by atoms with E-state index in [1.54, 1.807) is 22.4 Å². The number of nitrogens with one attached hydrogen (secondary N) is 1. The Kier molecular flexibility index (Phi) is 6.58. The standard InChI is InChI=1S/C19H19N5O5S3/c1-9-10(7-31-18(27)12-4-3-5-29-12)6-30-17-14(16(26)24(9)17)22-15(25)13(23-28-2)11-8-32-19(20)21-11/h3-5,8,14,17H,6-7H2,1-2H3,(H2,20,21)(H,22,25)/b23-13+. The van der Waals surface area contributed by atoms with Crippen molar-refractivity contribution in [1.82, 2.24) is 15.2 Å². The summed E-state index contributed by atoms with van der Waals surface area (Å²) in [7, 11) is 1.32. The summed E-state index contributed by atoms with van der Waals surface area (Å²) in [6.07, 6.45) is 1.46. The largest absolute Gasteiger partial charge is 0.460 e. The number of nitrogens with zero attached hydrogens (tertiary/aromatic N) is 3. The predicted molar refractivity (Wildman–Crippen MR) is 123 cm³/mol. The third kappa shape index (κ3) is 4.27. The highest BCUT2D eigenvalue weighted by Crippen LogP contribution is 2.41. The smallest absolute Gasteiger partial charge is 0.276 e. The van der Waals surface area contributed by atoms with Crippen LogP contribution in [-0.2, 0) is 14.4 Å². The summed E-state index contributed by atoms with van der Waals surface area (Å²) >= 11 is 3.84. The third-order valence-corrected chi connectivity index (χ3v) is 7.86. The normalized spacial score (nSPS) is 20.6. The molecule has 4 heterocycles. The first-order valence-electron chi connectivity index (χ1n) is 9.38. The molecule has 10 nitrogen and oxygen atoms in total. The van der Waals surface area contributed by atoms with Crippen molar-refractivity contribution < 1.29 is 23.6 Å². The number of anilines is 1. The van der Waals surface area contributed by atoms with E-state index >= 15 is 0 Å². The van der Waals surface area contributed by atoms with Crippen LogP contribution in [0, 0.1) is 0 Å². The molecule has 2 unspecified atom stereocenters. The molecule has 2 aliphatic heterocycles. The Morgan fingerprint density at radius 2 is 2.31 bits per heavy atom. The van der Waals surface area contributed by atoms with Crippen molar-refractivity contribution in [3.63, 3.8) is 0 Å². The Balaban J connectivity index is 1.40. The van der Waals surface area contributed by atoms with Crippen molar-refractivity contribution in [2.24, 2.45) is 5.16 Å². The number of aromatic nitrogens is 1. The van der Waals surface area contributed by atoms with Crippen molar-refractivity contribution in [3.8, 4) is 0 Å². The average molecular weight is 494 g/mol. The maximum absolute atomic E-state index is 12.8. The lowest BCUT2D eigenvalue weighted by atomic mass is 10.0. The number of nitrogens with two attached hydrogens (primary N) is 1. The van der Waals surface area contributed by atoms with Gasteiger partial charge in [-0.1, -0.05) is 16.9 Å². The van der Waals surface area contributed by atoms with Gasteiger partial charge < -0.3 is 20.3 Å². The van der Waals surface area contributed by atoms with Crippen LogP contribution in [-0.4, -0.2) is 62.6 Å². The fraction of sp³-hybridized carbons (Fsp3) is 0.316.